The van der Waals surface area contributed by atoms with E-state index < -0.39 is 0 Å². The Morgan fingerprint density at radius 3 is 1.82 bits per heavy atom. The summed E-state index contributed by atoms with van der Waals surface area (Å²) in [6.45, 7) is 1.96. The fraction of sp³-hybridized carbons (Fsp3) is 0.0625. The van der Waals surface area contributed by atoms with Crippen molar-refractivity contribution < 1.29 is 9.59 Å². The van der Waals surface area contributed by atoms with Gasteiger partial charge in [0.25, 0.3) is 5.91 Å². The van der Waals surface area contributed by atoms with E-state index in [1.807, 2.05) is 19.1 Å². The molecule has 1 amide bonds. The minimum absolute atomic E-state index is 0.0282. The second-order valence-electron chi connectivity index (χ2n) is 4.72. The molecule has 0 aliphatic rings. The van der Waals surface area contributed by atoms with Gasteiger partial charge < -0.3 is 5.73 Å². The van der Waals surface area contributed by atoms with Crippen molar-refractivity contribution in [1.29, 1.82) is 0 Å². The van der Waals surface area contributed by atoms with E-state index >= 15 is 0 Å². The van der Waals surface area contributed by atoms with Crippen molar-refractivity contribution in [3.05, 3.63) is 70.8 Å². The van der Waals surface area contributed by atoms with Crippen LogP contribution in [0.4, 0.5) is 0 Å². The lowest BCUT2D eigenvalue weighted by atomic mass is 10.0. The molecule has 4 N–H and O–H groups in total. The summed E-state index contributed by atoms with van der Waals surface area (Å²) in [6.07, 6.45) is 0. The van der Waals surface area contributed by atoms with Crippen LogP contribution in [0.5, 0.6) is 0 Å². The van der Waals surface area contributed by atoms with Gasteiger partial charge in [-0.25, -0.2) is 0 Å². The standard InChI is InChI=1S/C16H15N3O2S/c1-10-2-4-11(5-3-10)14(20)12-6-8-13(9-7-12)15(21)18-19-16(17)22/h2-9H,1H3,(H,18,21)(H3,17,19,22). The van der Waals surface area contributed by atoms with Gasteiger partial charge in [-0.2, -0.15) is 0 Å². The van der Waals surface area contributed by atoms with Crippen molar-refractivity contribution in [1.82, 2.24) is 10.9 Å². The van der Waals surface area contributed by atoms with Gasteiger partial charge in [0.15, 0.2) is 10.9 Å². The highest BCUT2D eigenvalue weighted by molar-refractivity contribution is 7.80. The highest BCUT2D eigenvalue weighted by Gasteiger charge is 2.10. The number of thiocarbonyl (C=S) groups is 1. The van der Waals surface area contributed by atoms with Crippen molar-refractivity contribution in [2.45, 2.75) is 6.92 Å². The molecule has 112 valence electrons. The summed E-state index contributed by atoms with van der Waals surface area (Å²) in [6, 6.07) is 13.7. The summed E-state index contributed by atoms with van der Waals surface area (Å²) in [5, 5.41) is -0.0282. The van der Waals surface area contributed by atoms with Crippen molar-refractivity contribution in [3.63, 3.8) is 0 Å². The zero-order valence-corrected chi connectivity index (χ0v) is 12.7. The van der Waals surface area contributed by atoms with E-state index in [9.17, 15) is 9.59 Å². The van der Waals surface area contributed by atoms with Gasteiger partial charge in [0, 0.05) is 16.7 Å². The average Bonchev–Trinajstić information content (AvgIpc) is 2.53. The maximum atomic E-state index is 12.3. The fourth-order valence-corrected chi connectivity index (χ4v) is 1.89. The highest BCUT2D eigenvalue weighted by Crippen LogP contribution is 2.12. The predicted molar refractivity (Wildman–Crippen MR) is 88.4 cm³/mol. The molecule has 0 radical (unpaired) electrons. The Labute approximate surface area is 133 Å². The smallest absolute Gasteiger partial charge is 0.269 e. The first-order valence-corrected chi connectivity index (χ1v) is 6.95. The van der Waals surface area contributed by atoms with Crippen LogP contribution in [0, 0.1) is 6.92 Å². The molecule has 0 unspecified atom stereocenters. The molecule has 0 heterocycles. The number of carbonyl (C=O) groups is 2. The van der Waals surface area contributed by atoms with E-state index in [1.54, 1.807) is 36.4 Å². The molecule has 22 heavy (non-hydrogen) atoms. The molecule has 0 aliphatic carbocycles. The number of rotatable bonds is 3. The van der Waals surface area contributed by atoms with E-state index in [4.69, 9.17) is 5.73 Å². The lowest BCUT2D eigenvalue weighted by Crippen LogP contribution is -2.44. The molecule has 0 fully saturated rings. The summed E-state index contributed by atoms with van der Waals surface area (Å²) in [7, 11) is 0. The van der Waals surface area contributed by atoms with E-state index in [1.165, 1.54) is 0 Å². The number of benzene rings is 2. The number of aryl methyl sites for hydroxylation is 1. The monoisotopic (exact) mass is 313 g/mol. The van der Waals surface area contributed by atoms with E-state index in [-0.39, 0.29) is 16.8 Å². The van der Waals surface area contributed by atoms with Gasteiger partial charge in [-0.3, -0.25) is 20.4 Å². The van der Waals surface area contributed by atoms with E-state index in [0.29, 0.717) is 16.7 Å². The topological polar surface area (TPSA) is 84.2 Å². The summed E-state index contributed by atoms with van der Waals surface area (Å²) < 4.78 is 0. The normalized spacial score (nSPS) is 9.86. The quantitative estimate of drug-likeness (QED) is 0.456. The Morgan fingerprint density at radius 1 is 0.864 bits per heavy atom. The van der Waals surface area contributed by atoms with Crippen molar-refractivity contribution in [3.8, 4) is 0 Å². The number of hydrogen-bond acceptors (Lipinski definition) is 3. The third kappa shape index (κ3) is 3.89. The number of ketones is 1. The molecule has 5 nitrogen and oxygen atoms in total. The Bertz CT molecular complexity index is 709. The Kier molecular flexibility index (Phi) is 4.85. The van der Waals surface area contributed by atoms with Gasteiger partial charge >= 0.3 is 0 Å². The molecule has 2 aromatic carbocycles. The van der Waals surface area contributed by atoms with Crippen LogP contribution < -0.4 is 16.6 Å². The van der Waals surface area contributed by atoms with Gasteiger partial charge in [-0.1, -0.05) is 42.0 Å². The number of hydrogen-bond donors (Lipinski definition) is 3. The number of nitrogens with one attached hydrogen (secondary N) is 2. The first kappa shape index (κ1) is 15.7. The largest absolute Gasteiger partial charge is 0.375 e. The van der Waals surface area contributed by atoms with Crippen LogP contribution >= 0.6 is 12.2 Å². The second kappa shape index (κ2) is 6.82. The summed E-state index contributed by atoms with van der Waals surface area (Å²) in [4.78, 5) is 24.1. The molecule has 0 bridgehead atoms. The van der Waals surface area contributed by atoms with Crippen LogP contribution in [-0.4, -0.2) is 16.8 Å². The van der Waals surface area contributed by atoms with Gasteiger partial charge in [-0.15, -0.1) is 0 Å². The molecule has 0 spiro atoms. The van der Waals surface area contributed by atoms with Gasteiger partial charge in [-0.05, 0) is 31.3 Å². The molecule has 2 rings (SSSR count). The first-order chi connectivity index (χ1) is 10.5. The van der Waals surface area contributed by atoms with Crippen LogP contribution in [0.1, 0.15) is 31.8 Å². The van der Waals surface area contributed by atoms with Crippen LogP contribution in [0.2, 0.25) is 0 Å². The minimum atomic E-state index is -0.387. The zero-order valence-electron chi connectivity index (χ0n) is 11.9. The summed E-state index contributed by atoms with van der Waals surface area (Å²) >= 11 is 4.59. The maximum absolute atomic E-state index is 12.3. The van der Waals surface area contributed by atoms with Crippen LogP contribution in [-0.2, 0) is 0 Å². The van der Waals surface area contributed by atoms with Crippen LogP contribution in [0.3, 0.4) is 0 Å². The van der Waals surface area contributed by atoms with Gasteiger partial charge in [0.1, 0.15) is 0 Å². The third-order valence-corrected chi connectivity index (χ3v) is 3.12. The molecule has 0 saturated heterocycles. The van der Waals surface area contributed by atoms with Crippen LogP contribution in [0.25, 0.3) is 0 Å². The molecule has 2 aromatic rings. The highest BCUT2D eigenvalue weighted by atomic mass is 32.1. The molecule has 0 saturated carbocycles. The molecular formula is C16H15N3O2S. The lowest BCUT2D eigenvalue weighted by Gasteiger charge is -2.07. The SMILES string of the molecule is Cc1ccc(C(=O)c2ccc(C(=O)NNC(N)=S)cc2)cc1. The number of nitrogens with two attached hydrogens (primary N) is 1. The first-order valence-electron chi connectivity index (χ1n) is 6.54. The van der Waals surface area contributed by atoms with E-state index in [0.717, 1.165) is 5.56 Å². The molecule has 0 aliphatic heterocycles. The predicted octanol–water partition coefficient (Wildman–Crippen LogP) is 1.70. The zero-order chi connectivity index (χ0) is 16.1. The minimum Gasteiger partial charge on any atom is -0.375 e. The van der Waals surface area contributed by atoms with Crippen molar-refractivity contribution in [2.75, 3.05) is 0 Å². The van der Waals surface area contributed by atoms with Gasteiger partial charge in [0.05, 0.1) is 0 Å². The average molecular weight is 313 g/mol. The van der Waals surface area contributed by atoms with Crippen molar-refractivity contribution >= 4 is 29.0 Å². The van der Waals surface area contributed by atoms with Crippen LogP contribution in [0.15, 0.2) is 48.5 Å². The molecular weight excluding hydrogens is 298 g/mol. The van der Waals surface area contributed by atoms with Crippen molar-refractivity contribution in [2.24, 2.45) is 5.73 Å². The molecule has 6 heteroatoms. The number of amides is 1. The Hall–Kier alpha value is -2.73. The molecule has 0 aromatic heterocycles. The fourth-order valence-electron chi connectivity index (χ4n) is 1.84. The summed E-state index contributed by atoms with van der Waals surface area (Å²) in [5.74, 6) is -0.477. The number of carbonyl (C=O) groups excluding carboxylic acids is 2. The maximum Gasteiger partial charge on any atom is 0.269 e. The third-order valence-electron chi connectivity index (χ3n) is 3.02. The summed E-state index contributed by atoms with van der Waals surface area (Å²) in [5.41, 5.74) is 12.5. The van der Waals surface area contributed by atoms with E-state index in [2.05, 4.69) is 23.1 Å². The molecule has 0 atom stereocenters. The van der Waals surface area contributed by atoms with Gasteiger partial charge in [0.2, 0.25) is 0 Å². The lowest BCUT2D eigenvalue weighted by molar-refractivity contribution is 0.0942. The number of hydrazine groups is 1. The second-order valence-corrected chi connectivity index (χ2v) is 5.16. The Morgan fingerprint density at radius 2 is 1.32 bits per heavy atom. The Balaban J connectivity index is 2.11.